The monoisotopic (exact) mass is 466 g/mol. The lowest BCUT2D eigenvalue weighted by atomic mass is 10.1. The number of urea groups is 1. The summed E-state index contributed by atoms with van der Waals surface area (Å²) in [6.07, 6.45) is -0.532. The molecule has 9 heteroatoms. The molecule has 0 aromatic heterocycles. The van der Waals surface area contributed by atoms with E-state index in [1.54, 1.807) is 7.05 Å². The van der Waals surface area contributed by atoms with E-state index in [4.69, 9.17) is 16.6 Å². The number of fused-ring (bicyclic) bond motifs is 1. The molecular formula is C24H27ClN6O2. The van der Waals surface area contributed by atoms with Crippen molar-refractivity contribution in [2.45, 2.75) is 25.3 Å². The van der Waals surface area contributed by atoms with Crippen molar-refractivity contribution < 1.29 is 9.59 Å². The first-order chi connectivity index (χ1) is 16.0. The van der Waals surface area contributed by atoms with E-state index in [2.05, 4.69) is 39.4 Å². The standard InChI is InChI=1S/C24H27ClN6O2/c1-28-21-20(22(32)27-24(28)33)31(16-18-7-9-19(25)10-8-18)23(26-21)30-13-11-29(12-14-30)15-17-5-3-2-4-6-17/h2-10,20-21H,11-16H2,1H3,(H,27,32,33). The number of nitrogens with zero attached hydrogens (tertiary/aromatic N) is 5. The minimum atomic E-state index is -0.555. The van der Waals surface area contributed by atoms with Gasteiger partial charge in [-0.15, -0.1) is 0 Å². The molecule has 33 heavy (non-hydrogen) atoms. The van der Waals surface area contributed by atoms with Crippen LogP contribution in [-0.4, -0.2) is 82.9 Å². The molecular weight excluding hydrogens is 440 g/mol. The Labute approximate surface area is 198 Å². The van der Waals surface area contributed by atoms with Crippen LogP contribution in [0, 0.1) is 0 Å². The fraction of sp³-hybridized carbons (Fsp3) is 0.375. The molecule has 0 aliphatic carbocycles. The minimum Gasteiger partial charge on any atom is -0.340 e. The summed E-state index contributed by atoms with van der Waals surface area (Å²) < 4.78 is 0. The van der Waals surface area contributed by atoms with Crippen LogP contribution in [0.25, 0.3) is 0 Å². The number of aliphatic imine (C=N–C) groups is 1. The van der Waals surface area contributed by atoms with Crippen molar-refractivity contribution in [2.24, 2.45) is 4.99 Å². The SMILES string of the molecule is CN1C(=O)NC(=O)C2C1N=C(N1CCN(Cc3ccccc3)CC1)N2Cc1ccc(Cl)cc1. The summed E-state index contributed by atoms with van der Waals surface area (Å²) in [7, 11) is 1.68. The van der Waals surface area contributed by atoms with Crippen LogP contribution in [0.1, 0.15) is 11.1 Å². The highest BCUT2D eigenvalue weighted by atomic mass is 35.5. The van der Waals surface area contributed by atoms with Gasteiger partial charge >= 0.3 is 6.03 Å². The number of piperazine rings is 1. The van der Waals surface area contributed by atoms with Gasteiger partial charge in [-0.25, -0.2) is 9.79 Å². The highest BCUT2D eigenvalue weighted by molar-refractivity contribution is 6.30. The van der Waals surface area contributed by atoms with Crippen LogP contribution < -0.4 is 5.32 Å². The Bertz CT molecular complexity index is 1050. The molecule has 0 radical (unpaired) electrons. The van der Waals surface area contributed by atoms with E-state index in [-0.39, 0.29) is 5.91 Å². The molecule has 5 rings (SSSR count). The van der Waals surface area contributed by atoms with E-state index in [0.29, 0.717) is 11.6 Å². The molecule has 172 valence electrons. The number of hydrogen-bond acceptors (Lipinski definition) is 6. The average molecular weight is 467 g/mol. The highest BCUT2D eigenvalue weighted by Gasteiger charge is 2.49. The second kappa shape index (κ2) is 9.03. The summed E-state index contributed by atoms with van der Waals surface area (Å²) in [4.78, 5) is 38.2. The molecule has 2 saturated heterocycles. The van der Waals surface area contributed by atoms with Gasteiger partial charge in [-0.2, -0.15) is 0 Å². The lowest BCUT2D eigenvalue weighted by Gasteiger charge is -2.40. The molecule has 2 atom stereocenters. The number of carbonyl (C=O) groups is 2. The lowest BCUT2D eigenvalue weighted by Crippen LogP contribution is -2.64. The normalized spacial score (nSPS) is 23.5. The van der Waals surface area contributed by atoms with Crippen LogP contribution in [0.3, 0.4) is 0 Å². The summed E-state index contributed by atoms with van der Waals surface area (Å²) in [6.45, 7) is 4.85. The number of rotatable bonds is 4. The van der Waals surface area contributed by atoms with Crippen molar-refractivity contribution in [3.63, 3.8) is 0 Å². The molecule has 3 aliphatic rings. The van der Waals surface area contributed by atoms with Crippen molar-refractivity contribution in [1.82, 2.24) is 24.9 Å². The number of halogens is 1. The molecule has 2 aromatic carbocycles. The Morgan fingerprint density at radius 3 is 2.30 bits per heavy atom. The Morgan fingerprint density at radius 1 is 0.939 bits per heavy atom. The number of carbonyl (C=O) groups excluding carboxylic acids is 2. The molecule has 3 heterocycles. The third kappa shape index (κ3) is 4.41. The van der Waals surface area contributed by atoms with E-state index in [1.807, 2.05) is 35.2 Å². The van der Waals surface area contributed by atoms with E-state index in [9.17, 15) is 9.59 Å². The first kappa shape index (κ1) is 21.7. The van der Waals surface area contributed by atoms with Crippen LogP contribution in [0.4, 0.5) is 4.79 Å². The third-order valence-electron chi connectivity index (χ3n) is 6.51. The van der Waals surface area contributed by atoms with E-state index >= 15 is 0 Å². The van der Waals surface area contributed by atoms with Gasteiger partial charge in [0, 0.05) is 51.3 Å². The summed E-state index contributed by atoms with van der Waals surface area (Å²) in [6, 6.07) is 17.1. The fourth-order valence-corrected chi connectivity index (χ4v) is 4.80. The van der Waals surface area contributed by atoms with Gasteiger partial charge in [0.2, 0.25) is 0 Å². The lowest BCUT2D eigenvalue weighted by molar-refractivity contribution is -0.127. The quantitative estimate of drug-likeness (QED) is 0.748. The third-order valence-corrected chi connectivity index (χ3v) is 6.76. The largest absolute Gasteiger partial charge is 0.340 e. The van der Waals surface area contributed by atoms with E-state index in [1.165, 1.54) is 10.5 Å². The summed E-state index contributed by atoms with van der Waals surface area (Å²) in [5.74, 6) is 0.467. The maximum Gasteiger partial charge on any atom is 0.325 e. The number of hydrogen-bond donors (Lipinski definition) is 1. The minimum absolute atomic E-state index is 0.307. The second-order valence-corrected chi connectivity index (χ2v) is 9.13. The topological polar surface area (TPSA) is 71.5 Å². The Kier molecular flexibility index (Phi) is 5.95. The maximum atomic E-state index is 12.8. The summed E-state index contributed by atoms with van der Waals surface area (Å²) >= 11 is 6.06. The van der Waals surface area contributed by atoms with Crippen LogP contribution in [-0.2, 0) is 17.9 Å². The zero-order chi connectivity index (χ0) is 22.9. The first-order valence-electron chi connectivity index (χ1n) is 11.2. The van der Waals surface area contributed by atoms with Gasteiger partial charge in [0.25, 0.3) is 5.91 Å². The van der Waals surface area contributed by atoms with Crippen molar-refractivity contribution in [3.05, 3.63) is 70.7 Å². The average Bonchev–Trinajstić information content (AvgIpc) is 3.20. The Balaban J connectivity index is 1.35. The zero-order valence-corrected chi connectivity index (χ0v) is 19.3. The number of imide groups is 1. The maximum absolute atomic E-state index is 12.8. The molecule has 0 spiro atoms. The number of amides is 3. The first-order valence-corrected chi connectivity index (χ1v) is 11.5. The molecule has 2 fully saturated rings. The number of guanidine groups is 1. The number of benzene rings is 2. The van der Waals surface area contributed by atoms with Gasteiger partial charge in [-0.3, -0.25) is 15.0 Å². The zero-order valence-electron chi connectivity index (χ0n) is 18.5. The van der Waals surface area contributed by atoms with Crippen LogP contribution in [0.5, 0.6) is 0 Å². The van der Waals surface area contributed by atoms with Gasteiger partial charge in [-0.05, 0) is 23.3 Å². The predicted molar refractivity (Wildman–Crippen MR) is 127 cm³/mol. The molecule has 1 N–H and O–H groups in total. The Hall–Kier alpha value is -3.10. The van der Waals surface area contributed by atoms with Gasteiger partial charge in [-0.1, -0.05) is 54.1 Å². The molecule has 0 bridgehead atoms. The van der Waals surface area contributed by atoms with Crippen LogP contribution >= 0.6 is 11.6 Å². The van der Waals surface area contributed by atoms with Crippen molar-refractivity contribution in [3.8, 4) is 0 Å². The highest BCUT2D eigenvalue weighted by Crippen LogP contribution is 2.28. The van der Waals surface area contributed by atoms with Crippen LogP contribution in [0.15, 0.2) is 59.6 Å². The van der Waals surface area contributed by atoms with Crippen molar-refractivity contribution in [2.75, 3.05) is 33.2 Å². The van der Waals surface area contributed by atoms with Gasteiger partial charge in [0.15, 0.2) is 18.2 Å². The van der Waals surface area contributed by atoms with Crippen molar-refractivity contribution >= 4 is 29.5 Å². The Morgan fingerprint density at radius 2 is 1.61 bits per heavy atom. The smallest absolute Gasteiger partial charge is 0.325 e. The fourth-order valence-electron chi connectivity index (χ4n) is 4.68. The summed E-state index contributed by atoms with van der Waals surface area (Å²) in [5.41, 5.74) is 2.33. The second-order valence-electron chi connectivity index (χ2n) is 8.70. The molecule has 3 aliphatic heterocycles. The van der Waals surface area contributed by atoms with E-state index in [0.717, 1.165) is 44.2 Å². The van der Waals surface area contributed by atoms with Crippen LogP contribution in [0.2, 0.25) is 5.02 Å². The molecule has 2 unspecified atom stereocenters. The molecule has 0 saturated carbocycles. The molecule has 8 nitrogen and oxygen atoms in total. The van der Waals surface area contributed by atoms with Gasteiger partial charge < -0.3 is 14.7 Å². The van der Waals surface area contributed by atoms with Gasteiger partial charge in [0.05, 0.1) is 0 Å². The van der Waals surface area contributed by atoms with Crippen molar-refractivity contribution in [1.29, 1.82) is 0 Å². The number of likely N-dealkylation sites (N-methyl/N-ethyl adjacent to an activating group) is 1. The summed E-state index contributed by atoms with van der Waals surface area (Å²) in [5, 5.41) is 3.14. The number of nitrogens with one attached hydrogen (secondary N) is 1. The molecule has 2 aromatic rings. The van der Waals surface area contributed by atoms with E-state index < -0.39 is 18.2 Å². The predicted octanol–water partition coefficient (Wildman–Crippen LogP) is 2.21. The molecule has 3 amide bonds. The van der Waals surface area contributed by atoms with Gasteiger partial charge in [0.1, 0.15) is 0 Å².